The Labute approximate surface area is 49.4 Å². The normalized spacial score (nSPS) is 11.1. The van der Waals surface area contributed by atoms with E-state index in [0.717, 1.165) is 5.71 Å². The lowest BCUT2D eigenvalue weighted by molar-refractivity contribution is 0.372. The molecule has 0 aliphatic rings. The minimum absolute atomic E-state index is 0.815. The maximum atomic E-state index is 5.17. The minimum atomic E-state index is 0.815. The standard InChI is InChI=1S/C5H11N3/c1-4-5(2)7-8(3)6/h4H,1,6H2,2-3H3. The van der Waals surface area contributed by atoms with Crippen LogP contribution < -0.4 is 5.84 Å². The van der Waals surface area contributed by atoms with Gasteiger partial charge in [0.2, 0.25) is 0 Å². The average Bonchev–Trinajstić information content (AvgIpc) is 1.65. The second-order valence-corrected chi connectivity index (χ2v) is 1.52. The highest BCUT2D eigenvalue weighted by atomic mass is 15.6. The molecule has 8 heavy (non-hydrogen) atoms. The molecule has 0 unspecified atom stereocenters. The van der Waals surface area contributed by atoms with Gasteiger partial charge in [0.25, 0.3) is 0 Å². The van der Waals surface area contributed by atoms with Crippen molar-refractivity contribution < 1.29 is 0 Å². The van der Waals surface area contributed by atoms with E-state index >= 15 is 0 Å². The van der Waals surface area contributed by atoms with E-state index in [4.69, 9.17) is 5.84 Å². The van der Waals surface area contributed by atoms with E-state index in [1.807, 2.05) is 6.92 Å². The highest BCUT2D eigenvalue weighted by molar-refractivity contribution is 5.91. The molecular weight excluding hydrogens is 102 g/mol. The molecule has 0 fully saturated rings. The van der Waals surface area contributed by atoms with Crippen molar-refractivity contribution in [1.82, 2.24) is 5.12 Å². The van der Waals surface area contributed by atoms with Crippen LogP contribution in [-0.2, 0) is 0 Å². The predicted octanol–water partition coefficient (Wildman–Crippen LogP) is 0.354. The monoisotopic (exact) mass is 113 g/mol. The van der Waals surface area contributed by atoms with Gasteiger partial charge in [-0.25, -0.2) is 11.0 Å². The summed E-state index contributed by atoms with van der Waals surface area (Å²) in [6.07, 6.45) is 1.64. The maximum absolute atomic E-state index is 5.17. The Bertz CT molecular complexity index is 104. The number of hydrogen-bond acceptors (Lipinski definition) is 3. The molecule has 0 aliphatic heterocycles. The summed E-state index contributed by atoms with van der Waals surface area (Å²) in [6.45, 7) is 5.33. The van der Waals surface area contributed by atoms with E-state index < -0.39 is 0 Å². The van der Waals surface area contributed by atoms with E-state index in [1.54, 1.807) is 13.1 Å². The van der Waals surface area contributed by atoms with E-state index in [9.17, 15) is 0 Å². The molecule has 46 valence electrons. The third kappa shape index (κ3) is 3.36. The molecule has 0 atom stereocenters. The van der Waals surface area contributed by atoms with Gasteiger partial charge in [-0.05, 0) is 13.0 Å². The number of hydrazine groups is 1. The van der Waals surface area contributed by atoms with Gasteiger partial charge in [-0.3, -0.25) is 0 Å². The highest BCUT2D eigenvalue weighted by Crippen LogP contribution is 1.77. The second kappa shape index (κ2) is 3.21. The Kier molecular flexibility index (Phi) is 2.88. The Morgan fingerprint density at radius 3 is 2.50 bits per heavy atom. The van der Waals surface area contributed by atoms with Crippen LogP contribution >= 0.6 is 0 Å². The number of hydrazone groups is 1. The van der Waals surface area contributed by atoms with Gasteiger partial charge < -0.3 is 0 Å². The molecule has 0 aromatic rings. The van der Waals surface area contributed by atoms with Crippen molar-refractivity contribution in [3.05, 3.63) is 12.7 Å². The molecule has 3 heteroatoms. The average molecular weight is 113 g/mol. The van der Waals surface area contributed by atoms with E-state index in [2.05, 4.69) is 11.7 Å². The summed E-state index contributed by atoms with van der Waals surface area (Å²) in [4.78, 5) is 0. The Hall–Kier alpha value is -0.830. The summed E-state index contributed by atoms with van der Waals surface area (Å²) in [5.41, 5.74) is 0.815. The molecule has 2 N–H and O–H groups in total. The fourth-order valence-corrected chi connectivity index (χ4v) is 0.290. The number of rotatable bonds is 2. The van der Waals surface area contributed by atoms with E-state index in [-0.39, 0.29) is 0 Å². The quantitative estimate of drug-likeness (QED) is 0.319. The largest absolute Gasteiger partial charge is 0.235 e. The minimum Gasteiger partial charge on any atom is -0.235 e. The van der Waals surface area contributed by atoms with Gasteiger partial charge >= 0.3 is 0 Å². The zero-order valence-electron chi connectivity index (χ0n) is 5.26. The van der Waals surface area contributed by atoms with Crippen LogP contribution in [0, 0.1) is 0 Å². The number of allylic oxidation sites excluding steroid dienone is 1. The molecule has 3 nitrogen and oxygen atoms in total. The van der Waals surface area contributed by atoms with Crippen molar-refractivity contribution in [1.29, 1.82) is 0 Å². The smallest absolute Gasteiger partial charge is 0.0584 e. The SMILES string of the molecule is C=CC(C)=NN(C)N. The molecule has 0 saturated carbocycles. The van der Waals surface area contributed by atoms with Gasteiger partial charge in [-0.15, -0.1) is 0 Å². The molecule has 0 radical (unpaired) electrons. The molecule has 0 spiro atoms. The van der Waals surface area contributed by atoms with Crippen LogP contribution in [0.2, 0.25) is 0 Å². The predicted molar refractivity (Wildman–Crippen MR) is 35.3 cm³/mol. The molecule has 0 heterocycles. The number of hydrogen-bond donors (Lipinski definition) is 1. The van der Waals surface area contributed by atoms with Gasteiger partial charge in [0.1, 0.15) is 0 Å². The maximum Gasteiger partial charge on any atom is 0.0584 e. The van der Waals surface area contributed by atoms with Gasteiger partial charge in [0.05, 0.1) is 5.71 Å². The first kappa shape index (κ1) is 7.17. The van der Waals surface area contributed by atoms with Crippen molar-refractivity contribution in [3.8, 4) is 0 Å². The summed E-state index contributed by atoms with van der Waals surface area (Å²) in [6, 6.07) is 0. The van der Waals surface area contributed by atoms with Crippen molar-refractivity contribution in [2.24, 2.45) is 10.9 Å². The van der Waals surface area contributed by atoms with Crippen molar-refractivity contribution in [2.45, 2.75) is 6.92 Å². The third-order valence-corrected chi connectivity index (χ3v) is 0.611. The molecule has 0 rings (SSSR count). The molecule has 0 aliphatic carbocycles. The van der Waals surface area contributed by atoms with Crippen molar-refractivity contribution >= 4 is 5.71 Å². The van der Waals surface area contributed by atoms with Crippen LogP contribution in [0.5, 0.6) is 0 Å². The summed E-state index contributed by atoms with van der Waals surface area (Å²) < 4.78 is 0. The fraction of sp³-hybridized carbons (Fsp3) is 0.400. The topological polar surface area (TPSA) is 41.6 Å². The zero-order valence-corrected chi connectivity index (χ0v) is 5.26. The van der Waals surface area contributed by atoms with Gasteiger partial charge in [0, 0.05) is 7.05 Å². The van der Waals surface area contributed by atoms with Crippen LogP contribution in [0.3, 0.4) is 0 Å². The summed E-state index contributed by atoms with van der Waals surface area (Å²) >= 11 is 0. The zero-order chi connectivity index (χ0) is 6.57. The molecule has 0 aromatic heterocycles. The molecule has 0 bridgehead atoms. The van der Waals surface area contributed by atoms with Gasteiger partial charge in [0.15, 0.2) is 0 Å². The summed E-state index contributed by atoms with van der Waals surface area (Å²) in [5, 5.41) is 5.05. The van der Waals surface area contributed by atoms with Gasteiger partial charge in [-0.1, -0.05) is 6.58 Å². The van der Waals surface area contributed by atoms with E-state index in [1.165, 1.54) is 5.12 Å². The second-order valence-electron chi connectivity index (χ2n) is 1.52. The molecule has 0 aromatic carbocycles. The Morgan fingerprint density at radius 2 is 2.38 bits per heavy atom. The van der Waals surface area contributed by atoms with Crippen LogP contribution in [0.25, 0.3) is 0 Å². The first-order chi connectivity index (χ1) is 3.66. The lowest BCUT2D eigenvalue weighted by atomic mass is 10.4. The highest BCUT2D eigenvalue weighted by Gasteiger charge is 1.80. The summed E-state index contributed by atoms with van der Waals surface area (Å²) in [7, 11) is 1.66. The van der Waals surface area contributed by atoms with Crippen molar-refractivity contribution in [3.63, 3.8) is 0 Å². The van der Waals surface area contributed by atoms with Crippen molar-refractivity contribution in [2.75, 3.05) is 7.05 Å². The van der Waals surface area contributed by atoms with Crippen LogP contribution in [0.1, 0.15) is 6.92 Å². The first-order valence-corrected chi connectivity index (χ1v) is 2.33. The Morgan fingerprint density at radius 1 is 1.88 bits per heavy atom. The lowest BCUT2D eigenvalue weighted by Gasteiger charge is -2.02. The van der Waals surface area contributed by atoms with Crippen LogP contribution in [0.4, 0.5) is 0 Å². The lowest BCUT2D eigenvalue weighted by Crippen LogP contribution is -2.20. The first-order valence-electron chi connectivity index (χ1n) is 2.33. The van der Waals surface area contributed by atoms with Crippen LogP contribution in [-0.4, -0.2) is 17.9 Å². The molecule has 0 saturated heterocycles. The Balaban J connectivity index is 3.74. The van der Waals surface area contributed by atoms with E-state index in [0.29, 0.717) is 0 Å². The number of nitrogens with two attached hydrogens (primary N) is 1. The molecular formula is C5H11N3. The van der Waals surface area contributed by atoms with Gasteiger partial charge in [-0.2, -0.15) is 5.10 Å². The van der Waals surface area contributed by atoms with Crippen LogP contribution in [0.15, 0.2) is 17.8 Å². The number of nitrogens with zero attached hydrogens (tertiary/aromatic N) is 2. The molecule has 0 amide bonds. The fourth-order valence-electron chi connectivity index (χ4n) is 0.290. The summed E-state index contributed by atoms with van der Waals surface area (Å²) in [5.74, 6) is 5.17. The third-order valence-electron chi connectivity index (χ3n) is 0.611.